The molecule has 0 radical (unpaired) electrons. The zero-order valence-corrected chi connectivity index (χ0v) is 13.5. The second-order valence-corrected chi connectivity index (χ2v) is 7.09. The maximum Gasteiger partial charge on any atom is 0.0704 e. The highest BCUT2D eigenvalue weighted by molar-refractivity contribution is 5.81. The average molecular weight is 286 g/mol. The Labute approximate surface area is 127 Å². The third kappa shape index (κ3) is 4.80. The lowest BCUT2D eigenvalue weighted by atomic mass is 9.91. The molecule has 1 heterocycles. The van der Waals surface area contributed by atoms with Crippen molar-refractivity contribution < 1.29 is 5.11 Å². The van der Waals surface area contributed by atoms with Gasteiger partial charge in [0.25, 0.3) is 0 Å². The van der Waals surface area contributed by atoms with Crippen LogP contribution in [0.15, 0.2) is 36.5 Å². The number of fused-ring (bicyclic) bond motifs is 1. The van der Waals surface area contributed by atoms with Crippen LogP contribution in [0.25, 0.3) is 10.9 Å². The maximum absolute atomic E-state index is 10.7. The average Bonchev–Trinajstić information content (AvgIpc) is 2.37. The smallest absolute Gasteiger partial charge is 0.0704 e. The Morgan fingerprint density at radius 3 is 2.52 bits per heavy atom. The molecule has 2 N–H and O–H groups in total. The van der Waals surface area contributed by atoms with E-state index in [4.69, 9.17) is 0 Å². The van der Waals surface area contributed by atoms with E-state index in [1.54, 1.807) is 0 Å². The Morgan fingerprint density at radius 1 is 1.10 bits per heavy atom. The lowest BCUT2D eigenvalue weighted by Crippen LogP contribution is -2.40. The van der Waals surface area contributed by atoms with Gasteiger partial charge < -0.3 is 10.4 Å². The first kappa shape index (κ1) is 15.9. The first-order chi connectivity index (χ1) is 9.77. The van der Waals surface area contributed by atoms with Crippen molar-refractivity contribution >= 4 is 10.9 Å². The monoisotopic (exact) mass is 286 g/mol. The Balaban J connectivity index is 2.08. The third-order valence-electron chi connectivity index (χ3n) is 3.63. The predicted octanol–water partition coefficient (Wildman–Crippen LogP) is 3.31. The van der Waals surface area contributed by atoms with Crippen molar-refractivity contribution in [3.63, 3.8) is 0 Å². The van der Waals surface area contributed by atoms with Crippen molar-refractivity contribution in [3.8, 4) is 0 Å². The summed E-state index contributed by atoms with van der Waals surface area (Å²) >= 11 is 0. The Bertz CT molecular complexity index is 594. The van der Waals surface area contributed by atoms with Gasteiger partial charge in [0, 0.05) is 23.5 Å². The van der Waals surface area contributed by atoms with Crippen molar-refractivity contribution in [1.82, 2.24) is 10.3 Å². The van der Waals surface area contributed by atoms with E-state index in [2.05, 4.69) is 37.1 Å². The minimum atomic E-state index is -0.720. The second-order valence-electron chi connectivity index (χ2n) is 7.09. The molecule has 0 fully saturated rings. The number of benzene rings is 1. The zero-order valence-electron chi connectivity index (χ0n) is 13.5. The SMILES string of the molecule is CC(O)(CCNC(C)(C)C)Cc1ccnc2ccccc12. The molecule has 21 heavy (non-hydrogen) atoms. The summed E-state index contributed by atoms with van der Waals surface area (Å²) in [6, 6.07) is 10.1. The van der Waals surface area contributed by atoms with E-state index in [1.807, 2.05) is 37.4 Å². The highest BCUT2D eigenvalue weighted by Crippen LogP contribution is 2.23. The van der Waals surface area contributed by atoms with Crippen LogP contribution in [-0.2, 0) is 6.42 Å². The van der Waals surface area contributed by atoms with Gasteiger partial charge >= 0.3 is 0 Å². The molecule has 0 amide bonds. The molecule has 3 heteroatoms. The molecule has 0 saturated carbocycles. The van der Waals surface area contributed by atoms with Crippen LogP contribution >= 0.6 is 0 Å². The summed E-state index contributed by atoms with van der Waals surface area (Å²) in [5, 5.41) is 15.2. The molecule has 1 unspecified atom stereocenters. The van der Waals surface area contributed by atoms with Crippen molar-refractivity contribution in [2.75, 3.05) is 6.54 Å². The van der Waals surface area contributed by atoms with Crippen LogP contribution in [0.2, 0.25) is 0 Å². The van der Waals surface area contributed by atoms with E-state index in [0.29, 0.717) is 6.42 Å². The number of aliphatic hydroxyl groups is 1. The molecule has 0 aliphatic heterocycles. The van der Waals surface area contributed by atoms with E-state index >= 15 is 0 Å². The highest BCUT2D eigenvalue weighted by Gasteiger charge is 2.22. The fourth-order valence-corrected chi connectivity index (χ4v) is 2.51. The fourth-order valence-electron chi connectivity index (χ4n) is 2.51. The van der Waals surface area contributed by atoms with Gasteiger partial charge in [-0.3, -0.25) is 4.98 Å². The molecule has 1 atom stereocenters. The van der Waals surface area contributed by atoms with Gasteiger partial charge in [-0.15, -0.1) is 0 Å². The second kappa shape index (κ2) is 6.12. The van der Waals surface area contributed by atoms with Crippen LogP contribution in [0.1, 0.15) is 39.7 Å². The molecule has 3 nitrogen and oxygen atoms in total. The van der Waals surface area contributed by atoms with Crippen LogP contribution in [0.5, 0.6) is 0 Å². The number of nitrogens with zero attached hydrogens (tertiary/aromatic N) is 1. The molecule has 1 aromatic heterocycles. The summed E-state index contributed by atoms with van der Waals surface area (Å²) in [5.41, 5.74) is 1.50. The van der Waals surface area contributed by atoms with Gasteiger partial charge in [0.15, 0.2) is 0 Å². The van der Waals surface area contributed by atoms with Crippen LogP contribution < -0.4 is 5.32 Å². The third-order valence-corrected chi connectivity index (χ3v) is 3.63. The van der Waals surface area contributed by atoms with Gasteiger partial charge in [0.1, 0.15) is 0 Å². The largest absolute Gasteiger partial charge is 0.390 e. The van der Waals surface area contributed by atoms with E-state index in [9.17, 15) is 5.11 Å². The van der Waals surface area contributed by atoms with Crippen LogP contribution in [-0.4, -0.2) is 27.8 Å². The van der Waals surface area contributed by atoms with Crippen molar-refractivity contribution in [1.29, 1.82) is 0 Å². The number of nitrogens with one attached hydrogen (secondary N) is 1. The van der Waals surface area contributed by atoms with Gasteiger partial charge in [0.2, 0.25) is 0 Å². The van der Waals surface area contributed by atoms with Gasteiger partial charge in [0.05, 0.1) is 11.1 Å². The number of aromatic nitrogens is 1. The fraction of sp³-hybridized carbons (Fsp3) is 0.500. The molecule has 0 spiro atoms. The molecule has 0 saturated heterocycles. The minimum Gasteiger partial charge on any atom is -0.390 e. The van der Waals surface area contributed by atoms with Crippen LogP contribution in [0, 0.1) is 0 Å². The quantitative estimate of drug-likeness (QED) is 0.886. The number of pyridine rings is 1. The summed E-state index contributed by atoms with van der Waals surface area (Å²) < 4.78 is 0. The van der Waals surface area contributed by atoms with Gasteiger partial charge in [-0.25, -0.2) is 0 Å². The number of hydrogen-bond acceptors (Lipinski definition) is 3. The van der Waals surface area contributed by atoms with Crippen molar-refractivity contribution in [2.24, 2.45) is 0 Å². The molecule has 0 bridgehead atoms. The van der Waals surface area contributed by atoms with Crippen molar-refractivity contribution in [2.45, 2.75) is 51.7 Å². The summed E-state index contributed by atoms with van der Waals surface area (Å²) in [4.78, 5) is 4.37. The Kier molecular flexibility index (Phi) is 4.64. The summed E-state index contributed by atoms with van der Waals surface area (Å²) in [5.74, 6) is 0. The highest BCUT2D eigenvalue weighted by atomic mass is 16.3. The number of para-hydroxylation sites is 1. The molecule has 114 valence electrons. The van der Waals surface area contributed by atoms with E-state index in [1.165, 1.54) is 0 Å². The van der Waals surface area contributed by atoms with Gasteiger partial charge in [-0.2, -0.15) is 0 Å². The Morgan fingerprint density at radius 2 is 1.81 bits per heavy atom. The van der Waals surface area contributed by atoms with E-state index < -0.39 is 5.60 Å². The van der Waals surface area contributed by atoms with Gasteiger partial charge in [-0.05, 0) is 58.4 Å². The minimum absolute atomic E-state index is 0.0828. The predicted molar refractivity (Wildman–Crippen MR) is 88.4 cm³/mol. The molecule has 2 aromatic rings. The summed E-state index contributed by atoms with van der Waals surface area (Å²) in [6.45, 7) is 9.13. The standard InChI is InChI=1S/C18H26N2O/c1-17(2,3)20-12-10-18(4,21)13-14-9-11-19-16-8-6-5-7-15(14)16/h5-9,11,20-21H,10,12-13H2,1-4H3. The number of rotatable bonds is 5. The normalized spacial score (nSPS) is 15.1. The van der Waals surface area contributed by atoms with E-state index in [-0.39, 0.29) is 5.54 Å². The lowest BCUT2D eigenvalue weighted by Gasteiger charge is -2.27. The first-order valence-corrected chi connectivity index (χ1v) is 7.57. The molecular formula is C18H26N2O. The molecule has 0 aliphatic carbocycles. The first-order valence-electron chi connectivity index (χ1n) is 7.57. The van der Waals surface area contributed by atoms with E-state index in [0.717, 1.165) is 29.4 Å². The molecule has 2 rings (SSSR count). The molecular weight excluding hydrogens is 260 g/mol. The molecule has 0 aliphatic rings. The topological polar surface area (TPSA) is 45.1 Å². The summed E-state index contributed by atoms with van der Waals surface area (Å²) in [6.07, 6.45) is 3.18. The van der Waals surface area contributed by atoms with Gasteiger partial charge in [-0.1, -0.05) is 18.2 Å². The Hall–Kier alpha value is -1.45. The van der Waals surface area contributed by atoms with Crippen molar-refractivity contribution in [3.05, 3.63) is 42.1 Å². The lowest BCUT2D eigenvalue weighted by molar-refractivity contribution is 0.0502. The van der Waals surface area contributed by atoms with Crippen LogP contribution in [0.3, 0.4) is 0 Å². The van der Waals surface area contributed by atoms with Crippen LogP contribution in [0.4, 0.5) is 0 Å². The summed E-state index contributed by atoms with van der Waals surface area (Å²) in [7, 11) is 0. The maximum atomic E-state index is 10.7. The zero-order chi connectivity index (χ0) is 15.5. The molecule has 1 aromatic carbocycles. The number of hydrogen-bond donors (Lipinski definition) is 2.